The smallest absolute Gasteiger partial charge is 0.114 e. The van der Waals surface area contributed by atoms with Crippen LogP contribution in [0.4, 0.5) is 0 Å². The average Bonchev–Trinajstić information content (AvgIpc) is 2.03. The molecule has 74 valence electrons. The highest BCUT2D eigenvalue weighted by molar-refractivity contribution is 5.61. The summed E-state index contributed by atoms with van der Waals surface area (Å²) in [6, 6.07) is 0. The zero-order chi connectivity index (χ0) is 9.68. The van der Waals surface area contributed by atoms with E-state index in [1.54, 1.807) is 0 Å². The maximum absolute atomic E-state index is 4.96. The van der Waals surface area contributed by atoms with Crippen LogP contribution in [0.25, 0.3) is 0 Å². The standard InChI is InChI=1S/C11H19NO/c1-4-13-12-8-11-6-9(2)5-10(3)7-11/h5,8-9,11H,4,6-7H2,1-3H3/b12-8+. The number of rotatable bonds is 3. The minimum atomic E-state index is 0.576. The third-order valence-corrected chi connectivity index (χ3v) is 2.30. The molecular weight excluding hydrogens is 162 g/mol. The first-order valence-electron chi connectivity index (χ1n) is 5.05. The molecule has 0 aliphatic heterocycles. The highest BCUT2D eigenvalue weighted by atomic mass is 16.6. The topological polar surface area (TPSA) is 21.6 Å². The molecule has 0 radical (unpaired) electrons. The van der Waals surface area contributed by atoms with E-state index in [4.69, 9.17) is 4.84 Å². The van der Waals surface area contributed by atoms with Gasteiger partial charge in [-0.05, 0) is 32.6 Å². The van der Waals surface area contributed by atoms with Crippen LogP contribution in [0.2, 0.25) is 0 Å². The van der Waals surface area contributed by atoms with Gasteiger partial charge >= 0.3 is 0 Å². The summed E-state index contributed by atoms with van der Waals surface area (Å²) in [5.74, 6) is 1.26. The number of oxime groups is 1. The Labute approximate surface area is 80.7 Å². The Morgan fingerprint density at radius 1 is 1.69 bits per heavy atom. The van der Waals surface area contributed by atoms with Crippen molar-refractivity contribution < 1.29 is 4.84 Å². The first-order chi connectivity index (χ1) is 6.22. The van der Waals surface area contributed by atoms with Crippen molar-refractivity contribution in [2.75, 3.05) is 6.61 Å². The van der Waals surface area contributed by atoms with E-state index in [0.29, 0.717) is 18.4 Å². The molecule has 0 spiro atoms. The summed E-state index contributed by atoms with van der Waals surface area (Å²) in [6.07, 6.45) is 6.65. The Bertz CT molecular complexity index is 208. The van der Waals surface area contributed by atoms with E-state index in [0.717, 1.165) is 6.42 Å². The second-order valence-corrected chi connectivity index (χ2v) is 3.86. The number of nitrogens with zero attached hydrogens (tertiary/aromatic N) is 1. The van der Waals surface area contributed by atoms with Gasteiger partial charge in [0.15, 0.2) is 0 Å². The van der Waals surface area contributed by atoms with Crippen LogP contribution in [0.5, 0.6) is 0 Å². The van der Waals surface area contributed by atoms with Gasteiger partial charge in [-0.15, -0.1) is 0 Å². The molecular formula is C11H19NO. The van der Waals surface area contributed by atoms with Crippen LogP contribution >= 0.6 is 0 Å². The van der Waals surface area contributed by atoms with Gasteiger partial charge in [0.2, 0.25) is 0 Å². The fourth-order valence-electron chi connectivity index (χ4n) is 1.91. The van der Waals surface area contributed by atoms with Crippen LogP contribution in [0.3, 0.4) is 0 Å². The van der Waals surface area contributed by atoms with Gasteiger partial charge in [0.1, 0.15) is 6.61 Å². The van der Waals surface area contributed by atoms with Crippen molar-refractivity contribution in [1.29, 1.82) is 0 Å². The summed E-state index contributed by atoms with van der Waals surface area (Å²) in [5, 5.41) is 3.93. The molecule has 1 rings (SSSR count). The lowest BCUT2D eigenvalue weighted by atomic mass is 9.84. The first kappa shape index (κ1) is 10.3. The van der Waals surface area contributed by atoms with Crippen molar-refractivity contribution in [3.63, 3.8) is 0 Å². The lowest BCUT2D eigenvalue weighted by Gasteiger charge is -2.21. The largest absolute Gasteiger partial charge is 0.396 e. The Morgan fingerprint density at radius 2 is 2.46 bits per heavy atom. The number of hydrogen-bond acceptors (Lipinski definition) is 2. The van der Waals surface area contributed by atoms with Crippen molar-refractivity contribution in [3.8, 4) is 0 Å². The van der Waals surface area contributed by atoms with Crippen molar-refractivity contribution in [1.82, 2.24) is 0 Å². The molecule has 0 heterocycles. The summed E-state index contributed by atoms with van der Waals surface area (Å²) < 4.78 is 0. The quantitative estimate of drug-likeness (QED) is 0.372. The van der Waals surface area contributed by atoms with Gasteiger partial charge in [-0.3, -0.25) is 0 Å². The molecule has 13 heavy (non-hydrogen) atoms. The maximum Gasteiger partial charge on any atom is 0.114 e. The Balaban J connectivity index is 2.41. The van der Waals surface area contributed by atoms with Gasteiger partial charge < -0.3 is 4.84 Å². The molecule has 0 aromatic carbocycles. The van der Waals surface area contributed by atoms with Crippen LogP contribution in [0, 0.1) is 11.8 Å². The molecule has 0 aromatic heterocycles. The van der Waals surface area contributed by atoms with Gasteiger partial charge in [-0.1, -0.05) is 23.7 Å². The van der Waals surface area contributed by atoms with Gasteiger partial charge in [0.25, 0.3) is 0 Å². The fraction of sp³-hybridized carbons (Fsp3) is 0.727. The predicted octanol–water partition coefficient (Wildman–Crippen LogP) is 3.00. The lowest BCUT2D eigenvalue weighted by Crippen LogP contribution is -2.12. The molecule has 2 heteroatoms. The van der Waals surface area contributed by atoms with Crippen molar-refractivity contribution in [2.24, 2.45) is 17.0 Å². The fourth-order valence-corrected chi connectivity index (χ4v) is 1.91. The van der Waals surface area contributed by atoms with Crippen LogP contribution in [0.1, 0.15) is 33.6 Å². The van der Waals surface area contributed by atoms with Crippen LogP contribution in [-0.2, 0) is 4.84 Å². The van der Waals surface area contributed by atoms with Crippen molar-refractivity contribution in [2.45, 2.75) is 33.6 Å². The monoisotopic (exact) mass is 181 g/mol. The summed E-state index contributed by atoms with van der Waals surface area (Å²) >= 11 is 0. The molecule has 0 aromatic rings. The normalized spacial score (nSPS) is 29.0. The highest BCUT2D eigenvalue weighted by Gasteiger charge is 2.16. The second kappa shape index (κ2) is 5.05. The SMILES string of the molecule is CCO/N=C/C1CC(C)=CC(C)C1. The van der Waals surface area contributed by atoms with Crippen LogP contribution < -0.4 is 0 Å². The minimum Gasteiger partial charge on any atom is -0.396 e. The third-order valence-electron chi connectivity index (χ3n) is 2.30. The van der Waals surface area contributed by atoms with Gasteiger partial charge in [-0.25, -0.2) is 0 Å². The van der Waals surface area contributed by atoms with Crippen molar-refractivity contribution >= 4 is 6.21 Å². The van der Waals surface area contributed by atoms with E-state index < -0.39 is 0 Å². The van der Waals surface area contributed by atoms with Gasteiger partial charge in [0, 0.05) is 12.1 Å². The molecule has 0 amide bonds. The van der Waals surface area contributed by atoms with Gasteiger partial charge in [-0.2, -0.15) is 0 Å². The lowest BCUT2D eigenvalue weighted by molar-refractivity contribution is 0.158. The molecule has 2 atom stereocenters. The third kappa shape index (κ3) is 3.62. The average molecular weight is 181 g/mol. The number of hydrogen-bond donors (Lipinski definition) is 0. The van der Waals surface area contributed by atoms with E-state index in [1.165, 1.54) is 12.0 Å². The van der Waals surface area contributed by atoms with Gasteiger partial charge in [0.05, 0.1) is 0 Å². The van der Waals surface area contributed by atoms with Crippen LogP contribution in [-0.4, -0.2) is 12.8 Å². The van der Waals surface area contributed by atoms with E-state index in [2.05, 4.69) is 25.1 Å². The van der Waals surface area contributed by atoms with Crippen molar-refractivity contribution in [3.05, 3.63) is 11.6 Å². The second-order valence-electron chi connectivity index (χ2n) is 3.86. The molecule has 0 bridgehead atoms. The molecule has 0 saturated carbocycles. The van der Waals surface area contributed by atoms with E-state index in [1.807, 2.05) is 13.1 Å². The van der Waals surface area contributed by atoms with E-state index in [-0.39, 0.29) is 0 Å². The Hall–Kier alpha value is -0.790. The minimum absolute atomic E-state index is 0.576. The summed E-state index contributed by atoms with van der Waals surface area (Å²) in [7, 11) is 0. The molecule has 0 N–H and O–H groups in total. The van der Waals surface area contributed by atoms with E-state index >= 15 is 0 Å². The summed E-state index contributed by atoms with van der Waals surface area (Å²) in [6.45, 7) is 7.06. The molecule has 2 unspecified atom stereocenters. The summed E-state index contributed by atoms with van der Waals surface area (Å²) in [4.78, 5) is 4.96. The predicted molar refractivity (Wildman–Crippen MR) is 55.8 cm³/mol. The molecule has 1 aliphatic carbocycles. The zero-order valence-electron chi connectivity index (χ0n) is 8.79. The summed E-state index contributed by atoms with van der Waals surface area (Å²) in [5.41, 5.74) is 1.48. The molecule has 0 saturated heterocycles. The Morgan fingerprint density at radius 3 is 3.08 bits per heavy atom. The first-order valence-corrected chi connectivity index (χ1v) is 5.05. The maximum atomic E-state index is 4.96. The zero-order valence-corrected chi connectivity index (χ0v) is 8.79. The van der Waals surface area contributed by atoms with Crippen LogP contribution in [0.15, 0.2) is 16.8 Å². The number of allylic oxidation sites excluding steroid dienone is 2. The highest BCUT2D eigenvalue weighted by Crippen LogP contribution is 2.26. The Kier molecular flexibility index (Phi) is 4.00. The molecule has 1 aliphatic rings. The molecule has 2 nitrogen and oxygen atoms in total. The molecule has 0 fully saturated rings. The van der Waals surface area contributed by atoms with E-state index in [9.17, 15) is 0 Å².